The molecule has 2 rings (SSSR count). The van der Waals surface area contributed by atoms with E-state index in [4.69, 9.17) is 14.6 Å². The first-order chi connectivity index (χ1) is 8.30. The van der Waals surface area contributed by atoms with Crippen molar-refractivity contribution in [3.8, 4) is 11.5 Å². The molecule has 0 spiro atoms. The van der Waals surface area contributed by atoms with E-state index < -0.39 is 0 Å². The van der Waals surface area contributed by atoms with Crippen molar-refractivity contribution in [3.63, 3.8) is 0 Å². The van der Waals surface area contributed by atoms with E-state index >= 15 is 0 Å². The normalized spacial score (nSPS) is 10.8. The number of ether oxygens (including phenoxy) is 2. The van der Waals surface area contributed by atoms with Gasteiger partial charge in [-0.05, 0) is 18.6 Å². The first kappa shape index (κ1) is 11.8. The Kier molecular flexibility index (Phi) is 3.54. The van der Waals surface area contributed by atoms with Gasteiger partial charge in [-0.3, -0.25) is 0 Å². The lowest BCUT2D eigenvalue weighted by atomic mass is 10.2. The lowest BCUT2D eigenvalue weighted by Crippen LogP contribution is -1.98. The van der Waals surface area contributed by atoms with Crippen LogP contribution in [0.3, 0.4) is 0 Å². The number of aryl methyl sites for hydroxylation is 1. The van der Waals surface area contributed by atoms with Gasteiger partial charge >= 0.3 is 0 Å². The van der Waals surface area contributed by atoms with Crippen molar-refractivity contribution in [1.82, 2.24) is 4.57 Å². The minimum Gasteiger partial charge on any atom is -0.493 e. The van der Waals surface area contributed by atoms with Crippen molar-refractivity contribution in [2.45, 2.75) is 13.0 Å². The number of benzene rings is 1. The topological polar surface area (TPSA) is 43.6 Å². The van der Waals surface area contributed by atoms with E-state index in [1.165, 1.54) is 0 Å². The Morgan fingerprint density at radius 1 is 1.18 bits per heavy atom. The maximum atomic E-state index is 8.86. The Morgan fingerprint density at radius 2 is 1.88 bits per heavy atom. The number of aliphatic hydroxyl groups is 1. The van der Waals surface area contributed by atoms with Gasteiger partial charge in [0.1, 0.15) is 0 Å². The number of hydrogen-bond acceptors (Lipinski definition) is 3. The molecular formula is C13H17NO3. The fourth-order valence-electron chi connectivity index (χ4n) is 1.95. The van der Waals surface area contributed by atoms with Crippen LogP contribution in [0.1, 0.15) is 6.42 Å². The summed E-state index contributed by atoms with van der Waals surface area (Å²) in [6.45, 7) is 1.00. The van der Waals surface area contributed by atoms with E-state index in [0.29, 0.717) is 0 Å². The monoisotopic (exact) mass is 235 g/mol. The first-order valence-electron chi connectivity index (χ1n) is 5.62. The number of methoxy groups -OCH3 is 2. The SMILES string of the molecule is COc1cc2ccn(CCCO)c2cc1OC. The number of fused-ring (bicyclic) bond motifs is 1. The van der Waals surface area contributed by atoms with Crippen LogP contribution in [0, 0.1) is 0 Å². The van der Waals surface area contributed by atoms with E-state index in [0.717, 1.165) is 35.4 Å². The molecule has 0 fully saturated rings. The van der Waals surface area contributed by atoms with E-state index in [1.807, 2.05) is 24.4 Å². The Balaban J connectivity index is 2.45. The molecule has 1 heterocycles. The van der Waals surface area contributed by atoms with Crippen molar-refractivity contribution in [2.24, 2.45) is 0 Å². The van der Waals surface area contributed by atoms with Gasteiger partial charge in [-0.2, -0.15) is 0 Å². The molecule has 0 saturated heterocycles. The smallest absolute Gasteiger partial charge is 0.162 e. The van der Waals surface area contributed by atoms with Crippen molar-refractivity contribution in [2.75, 3.05) is 20.8 Å². The molecule has 0 aliphatic carbocycles. The molecule has 0 aliphatic rings. The molecule has 0 amide bonds. The molecule has 0 radical (unpaired) electrons. The maximum absolute atomic E-state index is 8.86. The lowest BCUT2D eigenvalue weighted by Gasteiger charge is -2.09. The number of aromatic nitrogens is 1. The van der Waals surface area contributed by atoms with Crippen LogP contribution in [0.2, 0.25) is 0 Å². The Labute approximate surface area is 100 Å². The molecule has 0 unspecified atom stereocenters. The fraction of sp³-hybridized carbons (Fsp3) is 0.385. The standard InChI is InChI=1S/C13H17NO3/c1-16-12-8-10-4-6-14(5-3-7-15)11(10)9-13(12)17-2/h4,6,8-9,15H,3,5,7H2,1-2H3. The molecule has 0 saturated carbocycles. The van der Waals surface area contributed by atoms with E-state index in [1.54, 1.807) is 14.2 Å². The minimum atomic E-state index is 0.201. The highest BCUT2D eigenvalue weighted by atomic mass is 16.5. The summed E-state index contributed by atoms with van der Waals surface area (Å²) in [5.41, 5.74) is 1.09. The van der Waals surface area contributed by atoms with Gasteiger partial charge in [0.15, 0.2) is 11.5 Å². The molecule has 1 aromatic heterocycles. The highest BCUT2D eigenvalue weighted by molar-refractivity contribution is 5.84. The summed E-state index contributed by atoms with van der Waals surface area (Å²) >= 11 is 0. The summed E-state index contributed by atoms with van der Waals surface area (Å²) in [6.07, 6.45) is 2.76. The second-order valence-corrected chi connectivity index (χ2v) is 3.85. The fourth-order valence-corrected chi connectivity index (χ4v) is 1.95. The van der Waals surface area contributed by atoms with Crippen LogP contribution in [-0.2, 0) is 6.54 Å². The van der Waals surface area contributed by atoms with Gasteiger partial charge in [0, 0.05) is 30.8 Å². The van der Waals surface area contributed by atoms with Crippen LogP contribution in [0.4, 0.5) is 0 Å². The lowest BCUT2D eigenvalue weighted by molar-refractivity contribution is 0.280. The van der Waals surface area contributed by atoms with Gasteiger partial charge in [0.25, 0.3) is 0 Å². The van der Waals surface area contributed by atoms with Crippen LogP contribution < -0.4 is 9.47 Å². The van der Waals surface area contributed by atoms with E-state index in [9.17, 15) is 0 Å². The van der Waals surface area contributed by atoms with Gasteiger partial charge in [0.05, 0.1) is 19.7 Å². The molecule has 0 atom stereocenters. The summed E-state index contributed by atoms with van der Waals surface area (Å²) in [5, 5.41) is 9.97. The zero-order valence-corrected chi connectivity index (χ0v) is 10.1. The van der Waals surface area contributed by atoms with Gasteiger partial charge in [-0.15, -0.1) is 0 Å². The summed E-state index contributed by atoms with van der Waals surface area (Å²) < 4.78 is 12.7. The largest absolute Gasteiger partial charge is 0.493 e. The molecule has 1 N–H and O–H groups in total. The molecule has 4 nitrogen and oxygen atoms in total. The predicted octanol–water partition coefficient (Wildman–Crippen LogP) is 2.04. The third-order valence-electron chi connectivity index (χ3n) is 2.83. The van der Waals surface area contributed by atoms with E-state index in [2.05, 4.69) is 4.57 Å². The maximum Gasteiger partial charge on any atom is 0.162 e. The second kappa shape index (κ2) is 5.10. The summed E-state index contributed by atoms with van der Waals surface area (Å²) in [5.74, 6) is 1.46. The van der Waals surface area contributed by atoms with Gasteiger partial charge < -0.3 is 19.1 Å². The molecule has 92 valence electrons. The predicted molar refractivity (Wildman–Crippen MR) is 66.7 cm³/mol. The average Bonchev–Trinajstić information content (AvgIpc) is 2.76. The van der Waals surface area contributed by atoms with Crippen molar-refractivity contribution in [1.29, 1.82) is 0 Å². The van der Waals surface area contributed by atoms with Crippen molar-refractivity contribution < 1.29 is 14.6 Å². The second-order valence-electron chi connectivity index (χ2n) is 3.85. The molecule has 2 aromatic rings. The highest BCUT2D eigenvalue weighted by Crippen LogP contribution is 2.32. The first-order valence-corrected chi connectivity index (χ1v) is 5.62. The Bertz CT molecular complexity index is 505. The zero-order chi connectivity index (χ0) is 12.3. The molecule has 1 aromatic carbocycles. The van der Waals surface area contributed by atoms with Gasteiger partial charge in [0.2, 0.25) is 0 Å². The molecular weight excluding hydrogens is 218 g/mol. The molecule has 17 heavy (non-hydrogen) atoms. The third kappa shape index (κ3) is 2.22. The summed E-state index contributed by atoms with van der Waals surface area (Å²) in [4.78, 5) is 0. The Morgan fingerprint density at radius 3 is 2.53 bits per heavy atom. The number of nitrogens with zero attached hydrogens (tertiary/aromatic N) is 1. The molecule has 4 heteroatoms. The average molecular weight is 235 g/mol. The number of hydrogen-bond donors (Lipinski definition) is 1. The molecule has 0 aliphatic heterocycles. The van der Waals surface area contributed by atoms with Crippen LogP contribution in [0.25, 0.3) is 10.9 Å². The van der Waals surface area contributed by atoms with Crippen LogP contribution in [0.5, 0.6) is 11.5 Å². The highest BCUT2D eigenvalue weighted by Gasteiger charge is 2.08. The van der Waals surface area contributed by atoms with E-state index in [-0.39, 0.29) is 6.61 Å². The quantitative estimate of drug-likeness (QED) is 0.862. The third-order valence-corrected chi connectivity index (χ3v) is 2.83. The van der Waals surface area contributed by atoms with Crippen LogP contribution in [-0.4, -0.2) is 30.5 Å². The summed E-state index contributed by atoms with van der Waals surface area (Å²) in [7, 11) is 3.26. The number of aliphatic hydroxyl groups excluding tert-OH is 1. The van der Waals surface area contributed by atoms with Gasteiger partial charge in [-0.25, -0.2) is 0 Å². The van der Waals surface area contributed by atoms with Gasteiger partial charge in [-0.1, -0.05) is 0 Å². The van der Waals surface area contributed by atoms with Crippen molar-refractivity contribution in [3.05, 3.63) is 24.4 Å². The molecule has 0 bridgehead atoms. The Hall–Kier alpha value is -1.68. The number of rotatable bonds is 5. The summed E-state index contributed by atoms with van der Waals surface area (Å²) in [6, 6.07) is 5.96. The van der Waals surface area contributed by atoms with Crippen molar-refractivity contribution >= 4 is 10.9 Å². The minimum absolute atomic E-state index is 0.201. The van der Waals surface area contributed by atoms with Crippen LogP contribution in [0.15, 0.2) is 24.4 Å². The van der Waals surface area contributed by atoms with Crippen LogP contribution >= 0.6 is 0 Å². The zero-order valence-electron chi connectivity index (χ0n) is 10.1.